The van der Waals surface area contributed by atoms with Crippen molar-refractivity contribution in [3.05, 3.63) is 77.9 Å². The maximum absolute atomic E-state index is 12.7. The Morgan fingerprint density at radius 3 is 2.55 bits per heavy atom. The van der Waals surface area contributed by atoms with Crippen molar-refractivity contribution in [1.82, 2.24) is 4.98 Å². The summed E-state index contributed by atoms with van der Waals surface area (Å²) in [5.41, 5.74) is 5.01. The number of fused-ring (bicyclic) bond motifs is 1. The van der Waals surface area contributed by atoms with Gasteiger partial charge in [-0.3, -0.25) is 4.79 Å². The van der Waals surface area contributed by atoms with Gasteiger partial charge in [0.25, 0.3) is 5.91 Å². The van der Waals surface area contributed by atoms with Gasteiger partial charge in [-0.15, -0.1) is 0 Å². The fourth-order valence-electron chi connectivity index (χ4n) is 3.50. The van der Waals surface area contributed by atoms with E-state index in [1.165, 1.54) is 5.56 Å². The summed E-state index contributed by atoms with van der Waals surface area (Å²) in [5.74, 6) is 1.99. The third-order valence-corrected chi connectivity index (χ3v) is 5.66. The molecule has 0 aliphatic heterocycles. The Morgan fingerprint density at radius 1 is 1.03 bits per heavy atom. The van der Waals surface area contributed by atoms with E-state index in [1.54, 1.807) is 12.1 Å². The molecule has 5 nitrogen and oxygen atoms in total. The van der Waals surface area contributed by atoms with Crippen molar-refractivity contribution in [2.75, 3.05) is 11.9 Å². The molecule has 0 aliphatic rings. The van der Waals surface area contributed by atoms with Crippen LogP contribution in [-0.4, -0.2) is 17.5 Å². The van der Waals surface area contributed by atoms with Crippen molar-refractivity contribution in [3.8, 4) is 17.2 Å². The van der Waals surface area contributed by atoms with Crippen molar-refractivity contribution in [1.29, 1.82) is 0 Å². The molecule has 4 rings (SSSR count). The largest absolute Gasteiger partial charge is 0.493 e. The van der Waals surface area contributed by atoms with E-state index in [4.69, 9.17) is 9.15 Å². The highest BCUT2D eigenvalue weighted by Crippen LogP contribution is 2.28. The van der Waals surface area contributed by atoms with Crippen LogP contribution >= 0.6 is 0 Å². The normalized spacial score (nSPS) is 12.2. The summed E-state index contributed by atoms with van der Waals surface area (Å²) in [6, 6.07) is 20.9. The number of aromatic nitrogens is 1. The summed E-state index contributed by atoms with van der Waals surface area (Å²) in [6.07, 6.45) is 1.08. The maximum Gasteiger partial charge on any atom is 0.255 e. The summed E-state index contributed by atoms with van der Waals surface area (Å²) >= 11 is 0. The number of anilines is 1. The zero-order chi connectivity index (χ0) is 23.4. The second-order valence-electron chi connectivity index (χ2n) is 8.82. The van der Waals surface area contributed by atoms with E-state index in [2.05, 4.69) is 50.1 Å². The Labute approximate surface area is 194 Å². The van der Waals surface area contributed by atoms with Gasteiger partial charge in [-0.25, -0.2) is 4.98 Å². The molecule has 33 heavy (non-hydrogen) atoms. The molecule has 1 N–H and O–H groups in total. The molecule has 1 amide bonds. The predicted molar refractivity (Wildman–Crippen MR) is 133 cm³/mol. The van der Waals surface area contributed by atoms with Gasteiger partial charge in [-0.1, -0.05) is 39.8 Å². The Balaban J connectivity index is 1.46. The first-order valence-corrected chi connectivity index (χ1v) is 11.5. The van der Waals surface area contributed by atoms with Crippen LogP contribution < -0.4 is 10.1 Å². The molecular formula is C28H30N2O3. The van der Waals surface area contributed by atoms with Crippen LogP contribution in [0.4, 0.5) is 5.69 Å². The SMILES string of the molecule is CCC(C)c1ccc2oc(-c3ccc(NC(=O)c4cccc(OCC(C)C)c4)cc3)nc2c1. The Morgan fingerprint density at radius 2 is 1.82 bits per heavy atom. The van der Waals surface area contributed by atoms with Gasteiger partial charge in [0, 0.05) is 16.8 Å². The standard InChI is InChI=1S/C28H30N2O3/c1-5-19(4)21-11-14-26-25(16-21)30-28(33-26)20-9-12-23(13-10-20)29-27(31)22-7-6-8-24(15-22)32-17-18(2)3/h6-16,18-19H,5,17H2,1-4H3,(H,29,31). The fourth-order valence-corrected chi connectivity index (χ4v) is 3.50. The average Bonchev–Trinajstić information content (AvgIpc) is 3.26. The topological polar surface area (TPSA) is 64.4 Å². The quantitative estimate of drug-likeness (QED) is 0.311. The lowest BCUT2D eigenvalue weighted by atomic mass is 9.98. The third kappa shape index (κ3) is 5.43. The van der Waals surface area contributed by atoms with Crippen molar-refractivity contribution in [2.45, 2.75) is 40.0 Å². The first kappa shape index (κ1) is 22.6. The first-order chi connectivity index (χ1) is 15.9. The van der Waals surface area contributed by atoms with E-state index in [0.717, 1.165) is 23.1 Å². The number of hydrogen-bond acceptors (Lipinski definition) is 4. The lowest BCUT2D eigenvalue weighted by molar-refractivity contribution is 0.102. The summed E-state index contributed by atoms with van der Waals surface area (Å²) in [7, 11) is 0. The van der Waals surface area contributed by atoms with E-state index in [-0.39, 0.29) is 5.91 Å². The van der Waals surface area contributed by atoms with Gasteiger partial charge in [-0.2, -0.15) is 0 Å². The Bertz CT molecular complexity index is 1240. The van der Waals surface area contributed by atoms with Crippen molar-refractivity contribution >= 4 is 22.7 Å². The molecule has 1 aromatic heterocycles. The first-order valence-electron chi connectivity index (χ1n) is 11.5. The smallest absolute Gasteiger partial charge is 0.255 e. The Hall–Kier alpha value is -3.60. The van der Waals surface area contributed by atoms with Crippen LogP contribution in [0.25, 0.3) is 22.6 Å². The van der Waals surface area contributed by atoms with Crippen LogP contribution in [-0.2, 0) is 0 Å². The van der Waals surface area contributed by atoms with E-state index >= 15 is 0 Å². The van der Waals surface area contributed by atoms with Crippen LogP contribution in [0.15, 0.2) is 71.1 Å². The number of nitrogens with zero attached hydrogens (tertiary/aromatic N) is 1. The van der Waals surface area contributed by atoms with Crippen LogP contribution in [0.5, 0.6) is 5.75 Å². The van der Waals surface area contributed by atoms with Gasteiger partial charge in [0.15, 0.2) is 5.58 Å². The number of benzene rings is 3. The molecule has 1 heterocycles. The van der Waals surface area contributed by atoms with Gasteiger partial charge >= 0.3 is 0 Å². The van der Waals surface area contributed by atoms with Crippen LogP contribution in [0.2, 0.25) is 0 Å². The molecule has 1 unspecified atom stereocenters. The van der Waals surface area contributed by atoms with Gasteiger partial charge in [0.2, 0.25) is 5.89 Å². The molecule has 0 radical (unpaired) electrons. The molecule has 0 aliphatic carbocycles. The number of carbonyl (C=O) groups is 1. The van der Waals surface area contributed by atoms with E-state index in [0.29, 0.717) is 41.3 Å². The number of rotatable bonds is 8. The molecular weight excluding hydrogens is 412 g/mol. The van der Waals surface area contributed by atoms with E-state index in [9.17, 15) is 4.79 Å². The van der Waals surface area contributed by atoms with Crippen molar-refractivity contribution in [3.63, 3.8) is 0 Å². The number of ether oxygens (including phenoxy) is 1. The second kappa shape index (κ2) is 9.90. The predicted octanol–water partition coefficient (Wildman–Crippen LogP) is 7.30. The molecule has 0 spiro atoms. The van der Waals surface area contributed by atoms with Gasteiger partial charge in [-0.05, 0) is 78.4 Å². The second-order valence-corrected chi connectivity index (χ2v) is 8.82. The summed E-state index contributed by atoms with van der Waals surface area (Å²) in [6.45, 7) is 9.18. The van der Waals surface area contributed by atoms with Crippen LogP contribution in [0, 0.1) is 5.92 Å². The van der Waals surface area contributed by atoms with Crippen LogP contribution in [0.3, 0.4) is 0 Å². The average molecular weight is 443 g/mol. The molecule has 0 fully saturated rings. The molecule has 0 saturated heterocycles. The van der Waals surface area contributed by atoms with Crippen molar-refractivity contribution < 1.29 is 13.9 Å². The van der Waals surface area contributed by atoms with Crippen LogP contribution in [0.1, 0.15) is 56.0 Å². The third-order valence-electron chi connectivity index (χ3n) is 5.66. The lowest BCUT2D eigenvalue weighted by Crippen LogP contribution is -2.12. The van der Waals surface area contributed by atoms with Gasteiger partial charge in [0.05, 0.1) is 6.61 Å². The van der Waals surface area contributed by atoms with E-state index < -0.39 is 0 Å². The number of nitrogens with one attached hydrogen (secondary N) is 1. The number of amides is 1. The van der Waals surface area contributed by atoms with Crippen molar-refractivity contribution in [2.24, 2.45) is 5.92 Å². The monoisotopic (exact) mass is 442 g/mol. The highest BCUT2D eigenvalue weighted by Gasteiger charge is 2.12. The highest BCUT2D eigenvalue weighted by molar-refractivity contribution is 6.04. The highest BCUT2D eigenvalue weighted by atomic mass is 16.5. The van der Waals surface area contributed by atoms with Gasteiger partial charge < -0.3 is 14.5 Å². The molecule has 3 aromatic carbocycles. The molecule has 1 atom stereocenters. The fraction of sp³-hybridized carbons (Fsp3) is 0.286. The molecule has 4 aromatic rings. The molecule has 5 heteroatoms. The zero-order valence-electron chi connectivity index (χ0n) is 19.6. The minimum Gasteiger partial charge on any atom is -0.493 e. The minimum absolute atomic E-state index is 0.183. The number of carbonyl (C=O) groups excluding carboxylic acids is 1. The minimum atomic E-state index is -0.183. The van der Waals surface area contributed by atoms with E-state index in [1.807, 2.05) is 42.5 Å². The number of oxazole rings is 1. The van der Waals surface area contributed by atoms with Gasteiger partial charge in [0.1, 0.15) is 11.3 Å². The lowest BCUT2D eigenvalue weighted by Gasteiger charge is -2.10. The molecule has 170 valence electrons. The number of hydrogen-bond donors (Lipinski definition) is 1. The summed E-state index contributed by atoms with van der Waals surface area (Å²) in [5, 5.41) is 2.94. The summed E-state index contributed by atoms with van der Waals surface area (Å²) in [4.78, 5) is 17.4. The Kier molecular flexibility index (Phi) is 6.78. The molecule has 0 saturated carbocycles. The maximum atomic E-state index is 12.7. The summed E-state index contributed by atoms with van der Waals surface area (Å²) < 4.78 is 11.7. The molecule has 0 bridgehead atoms. The zero-order valence-corrected chi connectivity index (χ0v) is 19.6.